The first kappa shape index (κ1) is 13.4. The summed E-state index contributed by atoms with van der Waals surface area (Å²) >= 11 is 3.67. The minimum atomic E-state index is 0.525. The average Bonchev–Trinajstić information content (AvgIpc) is 2.90. The second-order valence-electron chi connectivity index (χ2n) is 5.47. The lowest BCUT2D eigenvalue weighted by atomic mass is 9.89. The van der Waals surface area contributed by atoms with Crippen LogP contribution < -0.4 is 5.32 Å². The van der Waals surface area contributed by atoms with Gasteiger partial charge >= 0.3 is 0 Å². The summed E-state index contributed by atoms with van der Waals surface area (Å²) in [6, 6.07) is 8.54. The van der Waals surface area contributed by atoms with Gasteiger partial charge in [-0.05, 0) is 42.7 Å². The summed E-state index contributed by atoms with van der Waals surface area (Å²) in [5.41, 5.74) is 1.68. The van der Waals surface area contributed by atoms with E-state index < -0.39 is 0 Å². The number of aliphatic imine (C=N–C) groups is 1. The van der Waals surface area contributed by atoms with Crippen LogP contribution in [0.1, 0.15) is 25.7 Å². The highest BCUT2D eigenvalue weighted by Gasteiger charge is 2.36. The lowest BCUT2D eigenvalue weighted by Gasteiger charge is -2.31. The van der Waals surface area contributed by atoms with Gasteiger partial charge < -0.3 is 5.32 Å². The van der Waals surface area contributed by atoms with E-state index in [1.54, 1.807) is 11.8 Å². The second-order valence-corrected chi connectivity index (χ2v) is 7.32. The molecule has 4 heteroatoms. The van der Waals surface area contributed by atoms with Crippen LogP contribution in [0.15, 0.2) is 34.2 Å². The van der Waals surface area contributed by atoms with Crippen molar-refractivity contribution < 1.29 is 0 Å². The molecule has 0 radical (unpaired) electrons. The molecule has 1 spiro atoms. The van der Waals surface area contributed by atoms with Crippen molar-refractivity contribution in [1.82, 2.24) is 0 Å². The van der Waals surface area contributed by atoms with Gasteiger partial charge in [0.05, 0.1) is 0 Å². The number of amidine groups is 1. The summed E-state index contributed by atoms with van der Waals surface area (Å²) in [7, 11) is 0. The topological polar surface area (TPSA) is 24.4 Å². The SMILES string of the molecule is CSc1cccc(NC2=NCC3(CCCC3)CS2)c1. The van der Waals surface area contributed by atoms with Crippen molar-refractivity contribution in [3.8, 4) is 0 Å². The second kappa shape index (κ2) is 5.80. The number of rotatable bonds is 2. The number of anilines is 1. The maximum atomic E-state index is 4.78. The van der Waals surface area contributed by atoms with Gasteiger partial charge in [-0.2, -0.15) is 0 Å². The Bertz CT molecular complexity index is 479. The normalized spacial score (nSPS) is 21.4. The van der Waals surface area contributed by atoms with Crippen molar-refractivity contribution >= 4 is 34.4 Å². The third-order valence-electron chi connectivity index (χ3n) is 4.06. The molecular formula is C15H20N2S2. The molecule has 102 valence electrons. The zero-order chi connectivity index (χ0) is 13.1. The molecule has 1 aliphatic carbocycles. The molecule has 1 aliphatic heterocycles. The molecule has 0 unspecified atom stereocenters. The van der Waals surface area contributed by atoms with E-state index in [-0.39, 0.29) is 0 Å². The minimum absolute atomic E-state index is 0.525. The van der Waals surface area contributed by atoms with Gasteiger partial charge in [0.1, 0.15) is 0 Å². The maximum Gasteiger partial charge on any atom is 0.161 e. The van der Waals surface area contributed by atoms with Gasteiger partial charge in [0.15, 0.2) is 5.17 Å². The molecule has 3 rings (SSSR count). The smallest absolute Gasteiger partial charge is 0.161 e. The summed E-state index contributed by atoms with van der Waals surface area (Å²) in [5, 5.41) is 4.55. The summed E-state index contributed by atoms with van der Waals surface area (Å²) in [5.74, 6) is 1.24. The zero-order valence-electron chi connectivity index (χ0n) is 11.3. The van der Waals surface area contributed by atoms with Crippen LogP contribution >= 0.6 is 23.5 Å². The van der Waals surface area contributed by atoms with Gasteiger partial charge in [0.25, 0.3) is 0 Å². The lowest BCUT2D eigenvalue weighted by Crippen LogP contribution is -2.30. The van der Waals surface area contributed by atoms with Gasteiger partial charge in [-0.15, -0.1) is 11.8 Å². The van der Waals surface area contributed by atoms with E-state index in [1.807, 2.05) is 11.8 Å². The molecule has 0 aromatic heterocycles. The first-order valence-electron chi connectivity index (χ1n) is 6.88. The fraction of sp³-hybridized carbons (Fsp3) is 0.533. The highest BCUT2D eigenvalue weighted by molar-refractivity contribution is 8.14. The molecule has 1 N–H and O–H groups in total. The van der Waals surface area contributed by atoms with Crippen LogP contribution in [0.2, 0.25) is 0 Å². The fourth-order valence-corrected chi connectivity index (χ4v) is 4.51. The van der Waals surface area contributed by atoms with E-state index in [2.05, 4.69) is 35.8 Å². The fourth-order valence-electron chi connectivity index (χ4n) is 2.88. The molecule has 0 atom stereocenters. The molecule has 2 nitrogen and oxygen atoms in total. The van der Waals surface area contributed by atoms with Crippen LogP contribution in [-0.2, 0) is 0 Å². The highest BCUT2D eigenvalue weighted by Crippen LogP contribution is 2.43. The number of benzene rings is 1. The molecule has 1 aromatic carbocycles. The molecule has 19 heavy (non-hydrogen) atoms. The van der Waals surface area contributed by atoms with Gasteiger partial charge in [-0.3, -0.25) is 4.99 Å². The third kappa shape index (κ3) is 3.11. The van der Waals surface area contributed by atoms with Crippen LogP contribution in [0, 0.1) is 5.41 Å². The van der Waals surface area contributed by atoms with Crippen molar-refractivity contribution in [3.05, 3.63) is 24.3 Å². The van der Waals surface area contributed by atoms with E-state index in [1.165, 1.54) is 36.3 Å². The molecule has 1 fully saturated rings. The molecule has 1 aromatic rings. The quantitative estimate of drug-likeness (QED) is 0.813. The number of nitrogens with one attached hydrogen (secondary N) is 1. The lowest BCUT2D eigenvalue weighted by molar-refractivity contribution is 0.359. The predicted molar refractivity (Wildman–Crippen MR) is 87.5 cm³/mol. The van der Waals surface area contributed by atoms with Crippen LogP contribution in [0.25, 0.3) is 0 Å². The van der Waals surface area contributed by atoms with E-state index in [0.29, 0.717) is 5.41 Å². The Kier molecular flexibility index (Phi) is 4.08. The van der Waals surface area contributed by atoms with Crippen LogP contribution in [-0.4, -0.2) is 23.7 Å². The number of hydrogen-bond donors (Lipinski definition) is 1. The number of nitrogens with zero attached hydrogens (tertiary/aromatic N) is 1. The Morgan fingerprint density at radius 1 is 1.32 bits per heavy atom. The molecule has 1 heterocycles. The van der Waals surface area contributed by atoms with E-state index in [0.717, 1.165) is 17.4 Å². The van der Waals surface area contributed by atoms with E-state index >= 15 is 0 Å². The molecule has 0 amide bonds. The molecule has 1 saturated carbocycles. The summed E-state index contributed by atoms with van der Waals surface area (Å²) in [6.45, 7) is 1.02. The van der Waals surface area contributed by atoms with E-state index in [4.69, 9.17) is 4.99 Å². The van der Waals surface area contributed by atoms with Gasteiger partial charge in [-0.25, -0.2) is 0 Å². The van der Waals surface area contributed by atoms with Crippen molar-refractivity contribution in [1.29, 1.82) is 0 Å². The molecule has 0 saturated heterocycles. The van der Waals surface area contributed by atoms with Crippen molar-refractivity contribution in [2.45, 2.75) is 30.6 Å². The van der Waals surface area contributed by atoms with Crippen molar-refractivity contribution in [2.75, 3.05) is 23.9 Å². The highest BCUT2D eigenvalue weighted by atomic mass is 32.2. The van der Waals surface area contributed by atoms with Crippen molar-refractivity contribution in [3.63, 3.8) is 0 Å². The largest absolute Gasteiger partial charge is 0.335 e. The first-order valence-corrected chi connectivity index (χ1v) is 9.09. The van der Waals surface area contributed by atoms with Gasteiger partial charge in [0.2, 0.25) is 0 Å². The maximum absolute atomic E-state index is 4.78. The zero-order valence-corrected chi connectivity index (χ0v) is 12.9. The Balaban J connectivity index is 1.66. The van der Waals surface area contributed by atoms with E-state index in [9.17, 15) is 0 Å². The summed E-state index contributed by atoms with van der Waals surface area (Å²) in [6.07, 6.45) is 7.65. The molecular weight excluding hydrogens is 272 g/mol. The Labute approximate surface area is 123 Å². The van der Waals surface area contributed by atoms with Crippen LogP contribution in [0.5, 0.6) is 0 Å². The monoisotopic (exact) mass is 292 g/mol. The average molecular weight is 292 g/mol. The third-order valence-corrected chi connectivity index (χ3v) is 6.05. The summed E-state index contributed by atoms with van der Waals surface area (Å²) < 4.78 is 0. The number of hydrogen-bond acceptors (Lipinski definition) is 4. The Morgan fingerprint density at radius 3 is 2.84 bits per heavy atom. The Morgan fingerprint density at radius 2 is 2.16 bits per heavy atom. The van der Waals surface area contributed by atoms with Gasteiger partial charge in [-0.1, -0.05) is 30.7 Å². The summed E-state index contributed by atoms with van der Waals surface area (Å²) in [4.78, 5) is 6.07. The molecule has 0 bridgehead atoms. The standard InChI is InChI=1S/C15H20N2S2/c1-18-13-6-4-5-12(9-13)17-14-16-10-15(11-19-14)7-2-3-8-15/h4-6,9H,2-3,7-8,10-11H2,1H3,(H,16,17). The minimum Gasteiger partial charge on any atom is -0.335 e. The van der Waals surface area contributed by atoms with Crippen LogP contribution in [0.4, 0.5) is 5.69 Å². The molecule has 2 aliphatic rings. The van der Waals surface area contributed by atoms with Crippen LogP contribution in [0.3, 0.4) is 0 Å². The number of thioether (sulfide) groups is 2. The van der Waals surface area contributed by atoms with Gasteiger partial charge in [0, 0.05) is 22.9 Å². The van der Waals surface area contributed by atoms with Crippen molar-refractivity contribution in [2.24, 2.45) is 10.4 Å². The first-order chi connectivity index (χ1) is 9.30. The Hall–Kier alpha value is -0.610. The predicted octanol–water partition coefficient (Wildman–Crippen LogP) is 4.48.